The number of piperidine rings is 1. The molecule has 174 valence electrons. The van der Waals surface area contributed by atoms with E-state index in [9.17, 15) is 9.59 Å². The van der Waals surface area contributed by atoms with Gasteiger partial charge in [-0.3, -0.25) is 9.59 Å². The number of morpholine rings is 1. The maximum absolute atomic E-state index is 13.8. The molecule has 2 saturated heterocycles. The number of aromatic nitrogens is 2. The number of nitrogens with one attached hydrogen (secondary N) is 1. The van der Waals surface area contributed by atoms with Crippen LogP contribution in [-0.2, 0) is 16.1 Å². The van der Waals surface area contributed by atoms with Gasteiger partial charge >= 0.3 is 0 Å². The summed E-state index contributed by atoms with van der Waals surface area (Å²) in [5.41, 5.74) is 1.81. The van der Waals surface area contributed by atoms with Crippen molar-refractivity contribution >= 4 is 22.8 Å². The minimum Gasteiger partial charge on any atom is -0.378 e. The number of carbonyl (C=O) groups excluding carboxylic acids is 2. The van der Waals surface area contributed by atoms with Crippen LogP contribution in [0.25, 0.3) is 11.0 Å². The van der Waals surface area contributed by atoms with Crippen molar-refractivity contribution in [2.24, 2.45) is 11.8 Å². The molecule has 4 rings (SSSR count). The van der Waals surface area contributed by atoms with E-state index in [-0.39, 0.29) is 23.8 Å². The van der Waals surface area contributed by atoms with E-state index in [0.717, 1.165) is 11.0 Å². The Morgan fingerprint density at radius 3 is 2.69 bits per heavy atom. The topological polar surface area (TPSA) is 79.7 Å². The molecule has 2 aliphatic rings. The third-order valence-corrected chi connectivity index (χ3v) is 6.42. The second kappa shape index (κ2) is 10.0. The number of hydrogen-bond acceptors (Lipinski definition) is 5. The first-order chi connectivity index (χ1) is 15.5. The lowest BCUT2D eigenvalue weighted by Crippen LogP contribution is -2.56. The molecule has 0 bridgehead atoms. The Labute approximate surface area is 189 Å². The van der Waals surface area contributed by atoms with Gasteiger partial charge in [0, 0.05) is 45.3 Å². The molecule has 2 amide bonds. The van der Waals surface area contributed by atoms with Crippen LogP contribution >= 0.6 is 0 Å². The van der Waals surface area contributed by atoms with Gasteiger partial charge in [-0.05, 0) is 31.4 Å². The van der Waals surface area contributed by atoms with Gasteiger partial charge in [0.2, 0.25) is 5.91 Å². The normalized spacial score (nSPS) is 21.8. The lowest BCUT2D eigenvalue weighted by molar-refractivity contribution is -0.140. The van der Waals surface area contributed by atoms with Crippen LogP contribution in [0, 0.1) is 11.8 Å². The Morgan fingerprint density at radius 1 is 1.22 bits per heavy atom. The average Bonchev–Trinajstić information content (AvgIpc) is 3.21. The van der Waals surface area contributed by atoms with Gasteiger partial charge < -0.3 is 24.4 Å². The Morgan fingerprint density at radius 2 is 1.97 bits per heavy atom. The van der Waals surface area contributed by atoms with E-state index < -0.39 is 0 Å². The van der Waals surface area contributed by atoms with E-state index >= 15 is 0 Å². The minimum atomic E-state index is -0.126. The predicted octanol–water partition coefficient (Wildman–Crippen LogP) is 1.99. The molecule has 8 nitrogen and oxygen atoms in total. The van der Waals surface area contributed by atoms with Crippen LogP contribution in [0.1, 0.15) is 37.8 Å². The molecule has 2 unspecified atom stereocenters. The van der Waals surface area contributed by atoms with E-state index in [4.69, 9.17) is 9.72 Å². The van der Waals surface area contributed by atoms with Crippen LogP contribution in [0.4, 0.5) is 0 Å². The number of ether oxygens (including phenoxy) is 1. The fraction of sp³-hybridized carbons (Fsp3) is 0.625. The van der Waals surface area contributed by atoms with Crippen molar-refractivity contribution in [2.45, 2.75) is 39.8 Å². The molecule has 8 heteroatoms. The summed E-state index contributed by atoms with van der Waals surface area (Å²) in [6.07, 6.45) is 0.675. The predicted molar refractivity (Wildman–Crippen MR) is 123 cm³/mol. The number of nitrogens with zero attached hydrogens (tertiary/aromatic N) is 4. The van der Waals surface area contributed by atoms with Crippen LogP contribution in [0.3, 0.4) is 0 Å². The van der Waals surface area contributed by atoms with Crippen LogP contribution < -0.4 is 5.32 Å². The highest BCUT2D eigenvalue weighted by molar-refractivity contribution is 5.95. The summed E-state index contributed by atoms with van der Waals surface area (Å²) in [5.74, 6) is 0.787. The number of aryl methyl sites for hydroxylation is 1. The lowest BCUT2D eigenvalue weighted by atomic mass is 9.92. The van der Waals surface area contributed by atoms with Crippen molar-refractivity contribution in [3.63, 3.8) is 0 Å². The molecule has 1 aromatic carbocycles. The number of imidazole rings is 1. The fourth-order valence-electron chi connectivity index (χ4n) is 4.87. The highest BCUT2D eigenvalue weighted by atomic mass is 16.5. The first kappa shape index (κ1) is 22.7. The summed E-state index contributed by atoms with van der Waals surface area (Å²) in [6, 6.07) is 7.84. The number of rotatable bonds is 6. The standard InChI is InChI=1S/C24H35N5O3/c1-4-28-21-8-6-5-7-20(21)26-22(28)24(31)29(16-17(2)3)19-13-18(14-25-15-19)23(30)27-9-11-32-12-10-27/h5-8,17-19,25H,4,9-16H2,1-3H3. The molecule has 1 aromatic heterocycles. The molecule has 0 radical (unpaired) electrons. The van der Waals surface area contributed by atoms with Gasteiger partial charge in [0.15, 0.2) is 5.82 Å². The molecule has 2 atom stereocenters. The number of amides is 2. The molecule has 0 saturated carbocycles. The fourth-order valence-corrected chi connectivity index (χ4v) is 4.87. The van der Waals surface area contributed by atoms with E-state index in [2.05, 4.69) is 19.2 Å². The van der Waals surface area contributed by atoms with Gasteiger partial charge in [-0.25, -0.2) is 4.98 Å². The maximum atomic E-state index is 13.8. The van der Waals surface area contributed by atoms with Crippen LogP contribution in [-0.4, -0.2) is 83.1 Å². The minimum absolute atomic E-state index is 0.0428. The molecule has 0 aliphatic carbocycles. The molecular weight excluding hydrogens is 406 g/mol. The Balaban J connectivity index is 1.58. The van der Waals surface area contributed by atoms with Crippen molar-refractivity contribution in [2.75, 3.05) is 45.9 Å². The Kier molecular flexibility index (Phi) is 7.10. The van der Waals surface area contributed by atoms with Gasteiger partial charge in [0.1, 0.15) is 0 Å². The van der Waals surface area contributed by atoms with Crippen molar-refractivity contribution in [3.8, 4) is 0 Å². The van der Waals surface area contributed by atoms with Crippen LogP contribution in [0.5, 0.6) is 0 Å². The Hall–Kier alpha value is -2.45. The van der Waals surface area contributed by atoms with Crippen LogP contribution in [0.2, 0.25) is 0 Å². The van der Waals surface area contributed by atoms with Crippen molar-refractivity contribution in [1.82, 2.24) is 24.7 Å². The largest absolute Gasteiger partial charge is 0.378 e. The maximum Gasteiger partial charge on any atom is 0.290 e. The zero-order chi connectivity index (χ0) is 22.7. The number of hydrogen-bond donors (Lipinski definition) is 1. The smallest absolute Gasteiger partial charge is 0.290 e. The van der Waals surface area contributed by atoms with Crippen LogP contribution in [0.15, 0.2) is 24.3 Å². The SMILES string of the molecule is CCn1c(C(=O)N(CC(C)C)C2CNCC(C(=O)N3CCOCC3)C2)nc2ccccc21. The summed E-state index contributed by atoms with van der Waals surface area (Å²) in [5, 5.41) is 3.42. The molecule has 2 fully saturated rings. The molecule has 2 aromatic rings. The summed E-state index contributed by atoms with van der Waals surface area (Å²) in [6.45, 7) is 11.4. The number of para-hydroxylation sites is 2. The number of carbonyl (C=O) groups is 2. The second-order valence-corrected chi connectivity index (χ2v) is 9.20. The molecule has 0 spiro atoms. The second-order valence-electron chi connectivity index (χ2n) is 9.20. The molecule has 3 heterocycles. The highest BCUT2D eigenvalue weighted by Crippen LogP contribution is 2.24. The molecule has 2 aliphatic heterocycles. The summed E-state index contributed by atoms with van der Waals surface area (Å²) >= 11 is 0. The van der Waals surface area contributed by atoms with Gasteiger partial charge in [-0.2, -0.15) is 0 Å². The van der Waals surface area contributed by atoms with Gasteiger partial charge in [0.25, 0.3) is 5.91 Å². The third-order valence-electron chi connectivity index (χ3n) is 6.42. The summed E-state index contributed by atoms with van der Waals surface area (Å²) < 4.78 is 7.39. The molecule has 1 N–H and O–H groups in total. The third kappa shape index (κ3) is 4.66. The molecule has 32 heavy (non-hydrogen) atoms. The highest BCUT2D eigenvalue weighted by Gasteiger charge is 2.36. The zero-order valence-corrected chi connectivity index (χ0v) is 19.4. The average molecular weight is 442 g/mol. The van der Waals surface area contributed by atoms with Crippen molar-refractivity contribution in [3.05, 3.63) is 30.1 Å². The van der Waals surface area contributed by atoms with Gasteiger partial charge in [-0.15, -0.1) is 0 Å². The van der Waals surface area contributed by atoms with Crippen molar-refractivity contribution in [1.29, 1.82) is 0 Å². The zero-order valence-electron chi connectivity index (χ0n) is 19.4. The van der Waals surface area contributed by atoms with E-state index in [0.29, 0.717) is 70.6 Å². The summed E-state index contributed by atoms with van der Waals surface area (Å²) in [7, 11) is 0. The van der Waals surface area contributed by atoms with E-state index in [1.165, 1.54) is 0 Å². The first-order valence-corrected chi connectivity index (χ1v) is 11.8. The van der Waals surface area contributed by atoms with Gasteiger partial charge in [0.05, 0.1) is 30.2 Å². The number of benzene rings is 1. The summed E-state index contributed by atoms with van der Waals surface area (Å²) in [4.78, 5) is 35.5. The monoisotopic (exact) mass is 441 g/mol. The van der Waals surface area contributed by atoms with E-state index in [1.807, 2.05) is 45.6 Å². The first-order valence-electron chi connectivity index (χ1n) is 11.8. The Bertz CT molecular complexity index is 950. The number of fused-ring (bicyclic) bond motifs is 1. The quantitative estimate of drug-likeness (QED) is 0.742. The lowest BCUT2D eigenvalue weighted by Gasteiger charge is -2.40. The van der Waals surface area contributed by atoms with Crippen molar-refractivity contribution < 1.29 is 14.3 Å². The van der Waals surface area contributed by atoms with Gasteiger partial charge in [-0.1, -0.05) is 26.0 Å². The molecular formula is C24H35N5O3. The van der Waals surface area contributed by atoms with E-state index in [1.54, 1.807) is 0 Å².